The third-order valence-electron chi connectivity index (χ3n) is 11.2. The van der Waals surface area contributed by atoms with Crippen LogP contribution in [0, 0.1) is 0 Å². The highest BCUT2D eigenvalue weighted by Crippen LogP contribution is 2.10. The van der Waals surface area contributed by atoms with E-state index in [9.17, 15) is 73.8 Å². The number of hydrazine groups is 1. The molecule has 2 heterocycles. The van der Waals surface area contributed by atoms with Crippen molar-refractivity contribution in [3.8, 4) is 0 Å². The van der Waals surface area contributed by atoms with Gasteiger partial charge in [-0.25, -0.2) is 10.0 Å². The van der Waals surface area contributed by atoms with E-state index in [1.54, 1.807) is 29.4 Å². The van der Waals surface area contributed by atoms with E-state index in [2.05, 4.69) is 16.0 Å². The van der Waals surface area contributed by atoms with E-state index in [-0.39, 0.29) is 195 Å². The molecule has 0 radical (unpaired) electrons. The topological polar surface area (TPSA) is 340 Å². The molecule has 67 heavy (non-hydrogen) atoms. The number of nitrogens with one attached hydrogen (secondary N) is 3. The lowest BCUT2D eigenvalue weighted by atomic mass is 10.1. The number of hydrogen-bond donors (Lipinski definition) is 9. The van der Waals surface area contributed by atoms with Gasteiger partial charge in [-0.3, -0.25) is 77.5 Å². The second-order valence-corrected chi connectivity index (χ2v) is 16.6. The summed E-state index contributed by atoms with van der Waals surface area (Å²) in [6.45, 7) is 4.91. The number of amides is 3. The van der Waals surface area contributed by atoms with Crippen LogP contribution in [0.2, 0.25) is 0 Å². The molecular weight excluding hydrogens is 889 g/mol. The van der Waals surface area contributed by atoms with Gasteiger partial charge in [-0.1, -0.05) is 0 Å². The Balaban J connectivity index is 2.37. The van der Waals surface area contributed by atoms with Gasteiger partial charge in [-0.05, 0) is 0 Å². The lowest BCUT2D eigenvalue weighted by molar-refractivity contribution is -0.141. The predicted molar refractivity (Wildman–Crippen MR) is 238 cm³/mol. The number of hydrogen-bond acceptors (Lipinski definition) is 18. The van der Waals surface area contributed by atoms with Gasteiger partial charge >= 0.3 is 35.8 Å². The molecule has 0 spiro atoms. The van der Waals surface area contributed by atoms with E-state index < -0.39 is 47.8 Å². The lowest BCUT2D eigenvalue weighted by Crippen LogP contribution is -2.55. The van der Waals surface area contributed by atoms with Gasteiger partial charge in [0.15, 0.2) is 0 Å². The zero-order valence-electron chi connectivity index (χ0n) is 38.8. The van der Waals surface area contributed by atoms with E-state index in [0.717, 1.165) is 0 Å². The molecule has 1 atom stereocenters. The Morgan fingerprint density at radius 3 is 1.00 bits per heavy atom. The number of nitrogens with zero attached hydrogens (tertiary/aromatic N) is 9. The molecule has 0 aromatic heterocycles. The highest BCUT2D eigenvalue weighted by molar-refractivity contribution is 5.77. The largest absolute Gasteiger partial charge is 0.480 e. The molecule has 0 aliphatic carbocycles. The van der Waals surface area contributed by atoms with Gasteiger partial charge in [-0.15, -0.1) is 0 Å². The smallest absolute Gasteiger partial charge is 0.317 e. The summed E-state index contributed by atoms with van der Waals surface area (Å²) in [5.41, 5.74) is 0. The van der Waals surface area contributed by atoms with Gasteiger partial charge in [-0.2, -0.15) is 0 Å². The number of carboxylic acid groups (broad SMARTS) is 6. The normalized spacial score (nSPS) is 18.9. The maximum atomic E-state index is 13.8. The fourth-order valence-corrected chi connectivity index (χ4v) is 7.78. The summed E-state index contributed by atoms with van der Waals surface area (Å²) in [6, 6.07) is -0.633. The van der Waals surface area contributed by atoms with Gasteiger partial charge in [0.05, 0.1) is 39.3 Å². The molecule has 1 unspecified atom stereocenters. The van der Waals surface area contributed by atoms with Crippen LogP contribution < -0.4 is 16.0 Å². The number of carbonyl (C=O) groups is 9. The van der Waals surface area contributed by atoms with Crippen molar-refractivity contribution in [3.63, 3.8) is 0 Å². The summed E-state index contributed by atoms with van der Waals surface area (Å²) >= 11 is 0. The van der Waals surface area contributed by atoms with Gasteiger partial charge in [0, 0.05) is 164 Å². The second kappa shape index (κ2) is 31.8. The maximum absolute atomic E-state index is 13.8. The van der Waals surface area contributed by atoms with Crippen molar-refractivity contribution in [2.24, 2.45) is 0 Å². The zero-order chi connectivity index (χ0) is 49.9. The Morgan fingerprint density at radius 2 is 0.701 bits per heavy atom. The zero-order valence-corrected chi connectivity index (χ0v) is 38.8. The maximum Gasteiger partial charge on any atom is 0.317 e. The fraction of sp³-hybridized carbons (Fsp3) is 0.775. The predicted octanol–water partition coefficient (Wildman–Crippen LogP) is -5.70. The lowest BCUT2D eigenvalue weighted by Gasteiger charge is -2.39. The van der Waals surface area contributed by atoms with Gasteiger partial charge in [0.1, 0.15) is 0 Å². The highest BCUT2D eigenvalue weighted by atomic mass is 16.4. The molecule has 2 rings (SSSR count). The van der Waals surface area contributed by atoms with Crippen molar-refractivity contribution in [1.29, 1.82) is 0 Å². The standard InChI is InChI=1S/C40H72N12O15/c1-31(53)41-3-5-51(52-21-17-48(29-39(64)65)13-9-45(26-36(58)59)10-14-49(18-22-52)30-40(66)67)6-4-42-34(55)23-33(24-43-32(2)54)50-19-15-46(27-37(60)61)11-7-44(25-35(56)57)8-12-47(16-20-50)28-38(62)63/h33H,3-30H2,1-2H3,(H,41,53)(H,42,55)(H,43,54)(H,56,57)(H,58,59)(H,60,61)(H,62,63)(H,64,65)(H,66,67). The average molecular weight is 961 g/mol. The first-order valence-electron chi connectivity index (χ1n) is 22.3. The summed E-state index contributed by atoms with van der Waals surface area (Å²) in [7, 11) is 0. The van der Waals surface area contributed by atoms with Gasteiger partial charge < -0.3 is 46.6 Å². The van der Waals surface area contributed by atoms with Crippen molar-refractivity contribution in [2.75, 3.05) is 177 Å². The third-order valence-corrected chi connectivity index (χ3v) is 11.2. The molecule has 0 bridgehead atoms. The van der Waals surface area contributed by atoms with Crippen molar-refractivity contribution < 1.29 is 73.8 Å². The molecule has 3 amide bonds. The number of carboxylic acids is 6. The van der Waals surface area contributed by atoms with Crippen LogP contribution in [0.1, 0.15) is 20.3 Å². The van der Waals surface area contributed by atoms with Crippen LogP contribution >= 0.6 is 0 Å². The molecule has 0 saturated carbocycles. The minimum absolute atomic E-state index is 0.0252. The Morgan fingerprint density at radius 1 is 0.418 bits per heavy atom. The quantitative estimate of drug-likeness (QED) is 0.0435. The molecular formula is C40H72N12O15. The highest BCUT2D eigenvalue weighted by Gasteiger charge is 2.27. The van der Waals surface area contributed by atoms with Crippen LogP contribution in [0.25, 0.3) is 0 Å². The Bertz CT molecular complexity index is 1570. The molecule has 9 N–H and O–H groups in total. The molecule has 27 heteroatoms. The van der Waals surface area contributed by atoms with Crippen molar-refractivity contribution in [1.82, 2.24) is 60.3 Å². The Kier molecular flexibility index (Phi) is 27.5. The number of rotatable bonds is 24. The third kappa shape index (κ3) is 27.3. The molecule has 0 aromatic rings. The van der Waals surface area contributed by atoms with E-state index in [1.807, 2.05) is 14.9 Å². The van der Waals surface area contributed by atoms with E-state index in [0.29, 0.717) is 0 Å². The summed E-state index contributed by atoms with van der Waals surface area (Å²) in [5, 5.41) is 69.9. The molecule has 2 fully saturated rings. The van der Waals surface area contributed by atoms with Crippen molar-refractivity contribution in [2.45, 2.75) is 26.3 Å². The number of aliphatic carboxylic acids is 6. The van der Waals surface area contributed by atoms with Crippen LogP contribution in [0.4, 0.5) is 0 Å². The Labute approximate surface area is 390 Å². The van der Waals surface area contributed by atoms with Crippen LogP contribution in [0.15, 0.2) is 0 Å². The first-order chi connectivity index (χ1) is 31.7. The van der Waals surface area contributed by atoms with E-state index in [1.165, 1.54) is 13.8 Å². The van der Waals surface area contributed by atoms with E-state index >= 15 is 0 Å². The molecule has 2 saturated heterocycles. The van der Waals surface area contributed by atoms with Crippen LogP contribution in [-0.2, 0) is 43.2 Å². The second-order valence-electron chi connectivity index (χ2n) is 16.6. The SMILES string of the molecule is CC(=O)NCCN(CCNC(=O)CC(CNC(C)=O)N1CCN(CC(=O)O)CCN(CC(=O)O)CCN(CC(=O)O)CC1)N1CCN(CC(=O)O)CCN(CC(=O)O)CCN(CC(=O)O)CC1. The first-order valence-corrected chi connectivity index (χ1v) is 22.3. The van der Waals surface area contributed by atoms with Crippen LogP contribution in [0.5, 0.6) is 0 Å². The monoisotopic (exact) mass is 961 g/mol. The average Bonchev–Trinajstić information content (AvgIpc) is 3.20. The summed E-state index contributed by atoms with van der Waals surface area (Å²) in [6.07, 6.45) is -0.132. The van der Waals surface area contributed by atoms with Gasteiger partial charge in [0.2, 0.25) is 17.7 Å². The Hall–Kier alpha value is -5.13. The minimum Gasteiger partial charge on any atom is -0.480 e. The molecule has 2 aliphatic heterocycles. The van der Waals surface area contributed by atoms with Crippen LogP contribution in [-0.4, -0.2) is 311 Å². The minimum atomic E-state index is -1.09. The van der Waals surface area contributed by atoms with Crippen molar-refractivity contribution >= 4 is 53.5 Å². The summed E-state index contributed by atoms with van der Waals surface area (Å²) in [5.74, 6) is -7.55. The van der Waals surface area contributed by atoms with Crippen LogP contribution in [0.3, 0.4) is 0 Å². The van der Waals surface area contributed by atoms with Crippen molar-refractivity contribution in [3.05, 3.63) is 0 Å². The molecule has 27 nitrogen and oxygen atoms in total. The fourth-order valence-electron chi connectivity index (χ4n) is 7.78. The molecule has 2 aliphatic rings. The number of carbonyl (C=O) groups excluding carboxylic acids is 3. The summed E-state index contributed by atoms with van der Waals surface area (Å²) < 4.78 is 0. The van der Waals surface area contributed by atoms with Gasteiger partial charge in [0.25, 0.3) is 0 Å². The molecule has 0 aromatic carbocycles. The summed E-state index contributed by atoms with van der Waals surface area (Å²) in [4.78, 5) is 120. The first kappa shape index (κ1) is 58.0. The molecule has 382 valence electrons. The van der Waals surface area contributed by atoms with E-state index in [4.69, 9.17) is 0 Å².